The summed E-state index contributed by atoms with van der Waals surface area (Å²) < 4.78 is 0. The van der Waals surface area contributed by atoms with E-state index in [1.54, 1.807) is 0 Å². The molecule has 0 aromatic heterocycles. The van der Waals surface area contributed by atoms with E-state index in [0.29, 0.717) is 12.8 Å². The summed E-state index contributed by atoms with van der Waals surface area (Å²) in [4.78, 5) is 12.3. The maximum absolute atomic E-state index is 12.3. The van der Waals surface area contributed by atoms with Crippen LogP contribution in [0.3, 0.4) is 0 Å². The Labute approximate surface area is 237 Å². The highest BCUT2D eigenvalue weighted by atomic mass is 16.3. The van der Waals surface area contributed by atoms with E-state index < -0.39 is 12.1 Å². The van der Waals surface area contributed by atoms with Crippen LogP contribution >= 0.6 is 0 Å². The van der Waals surface area contributed by atoms with Gasteiger partial charge in [0.2, 0.25) is 5.91 Å². The highest BCUT2D eigenvalue weighted by Crippen LogP contribution is 2.14. The van der Waals surface area contributed by atoms with Crippen molar-refractivity contribution in [1.29, 1.82) is 0 Å². The number of hydrogen-bond donors (Lipinski definition) is 3. The van der Waals surface area contributed by atoms with Gasteiger partial charge in [-0.05, 0) is 38.5 Å². The predicted octanol–water partition coefficient (Wildman–Crippen LogP) is 9.56. The summed E-state index contributed by atoms with van der Waals surface area (Å²) in [6, 6.07) is -0.531. The van der Waals surface area contributed by atoms with Gasteiger partial charge in [-0.2, -0.15) is 0 Å². The van der Waals surface area contributed by atoms with E-state index in [1.807, 2.05) is 0 Å². The zero-order chi connectivity index (χ0) is 27.9. The van der Waals surface area contributed by atoms with Crippen molar-refractivity contribution in [1.82, 2.24) is 5.32 Å². The average molecular weight is 538 g/mol. The van der Waals surface area contributed by atoms with Crippen LogP contribution in [-0.4, -0.2) is 34.9 Å². The zero-order valence-electron chi connectivity index (χ0n) is 25.7. The molecule has 0 aromatic rings. The zero-order valence-corrected chi connectivity index (χ0v) is 25.7. The van der Waals surface area contributed by atoms with Crippen molar-refractivity contribution < 1.29 is 15.0 Å². The van der Waals surface area contributed by atoms with E-state index >= 15 is 0 Å². The second-order valence-electron chi connectivity index (χ2n) is 11.6. The van der Waals surface area contributed by atoms with E-state index in [9.17, 15) is 15.0 Å². The fraction of sp³-hybridized carbons (Fsp3) is 0.912. The molecule has 0 rings (SSSR count). The molecule has 0 aliphatic carbocycles. The van der Waals surface area contributed by atoms with Gasteiger partial charge in [-0.25, -0.2) is 0 Å². The molecule has 4 heteroatoms. The lowest BCUT2D eigenvalue weighted by molar-refractivity contribution is -0.123. The number of nitrogens with one attached hydrogen (secondary N) is 1. The van der Waals surface area contributed by atoms with Gasteiger partial charge in [0.25, 0.3) is 0 Å². The molecular formula is C34H67NO3. The second-order valence-corrected chi connectivity index (χ2v) is 11.6. The van der Waals surface area contributed by atoms with Crippen LogP contribution in [0.25, 0.3) is 0 Å². The first-order valence-electron chi connectivity index (χ1n) is 16.9. The minimum atomic E-state index is -0.654. The minimum Gasteiger partial charge on any atom is -0.394 e. The summed E-state index contributed by atoms with van der Waals surface area (Å²) in [5, 5.41) is 22.8. The average Bonchev–Trinajstić information content (AvgIpc) is 2.92. The first-order chi connectivity index (χ1) is 18.7. The third kappa shape index (κ3) is 26.7. The number of amides is 1. The SMILES string of the molecule is CCCCCCCCC/C=C\CCCCCCCCCC(=O)NC(CO)C(O)CCCCCCCCCC. The van der Waals surface area contributed by atoms with Gasteiger partial charge in [-0.15, -0.1) is 0 Å². The molecule has 0 radical (unpaired) electrons. The molecule has 2 unspecified atom stereocenters. The van der Waals surface area contributed by atoms with E-state index in [-0.39, 0.29) is 12.5 Å². The molecule has 0 aliphatic rings. The summed E-state index contributed by atoms with van der Waals surface area (Å²) in [6.07, 6.45) is 35.5. The Morgan fingerprint density at radius 3 is 1.45 bits per heavy atom. The van der Waals surface area contributed by atoms with E-state index in [4.69, 9.17) is 0 Å². The summed E-state index contributed by atoms with van der Waals surface area (Å²) in [7, 11) is 0. The normalized spacial score (nSPS) is 13.3. The Balaban J connectivity index is 3.54. The summed E-state index contributed by atoms with van der Waals surface area (Å²) in [6.45, 7) is 4.31. The molecule has 38 heavy (non-hydrogen) atoms. The van der Waals surface area contributed by atoms with Crippen molar-refractivity contribution in [2.45, 2.75) is 193 Å². The Kier molecular flexibility index (Phi) is 30.0. The third-order valence-corrected chi connectivity index (χ3v) is 7.78. The van der Waals surface area contributed by atoms with Crippen molar-refractivity contribution in [2.24, 2.45) is 0 Å². The Bertz CT molecular complexity index is 508. The van der Waals surface area contributed by atoms with Gasteiger partial charge in [0, 0.05) is 6.42 Å². The number of unbranched alkanes of at least 4 members (excludes halogenated alkanes) is 21. The van der Waals surface area contributed by atoms with Crippen LogP contribution < -0.4 is 5.32 Å². The monoisotopic (exact) mass is 538 g/mol. The molecule has 4 nitrogen and oxygen atoms in total. The van der Waals surface area contributed by atoms with Crippen LogP contribution in [0.2, 0.25) is 0 Å². The lowest BCUT2D eigenvalue weighted by atomic mass is 10.0. The van der Waals surface area contributed by atoms with Crippen LogP contribution in [0.5, 0.6) is 0 Å². The highest BCUT2D eigenvalue weighted by molar-refractivity contribution is 5.76. The quantitative estimate of drug-likeness (QED) is 0.0631. The number of rotatable bonds is 30. The first-order valence-corrected chi connectivity index (χ1v) is 16.9. The van der Waals surface area contributed by atoms with Crippen molar-refractivity contribution in [3.63, 3.8) is 0 Å². The minimum absolute atomic E-state index is 0.0395. The van der Waals surface area contributed by atoms with E-state index in [0.717, 1.165) is 25.7 Å². The van der Waals surface area contributed by atoms with Crippen molar-refractivity contribution in [3.8, 4) is 0 Å². The van der Waals surface area contributed by atoms with E-state index in [1.165, 1.54) is 128 Å². The number of aliphatic hydroxyl groups excluding tert-OH is 2. The number of aliphatic hydroxyl groups is 2. The van der Waals surface area contributed by atoms with Gasteiger partial charge in [0.15, 0.2) is 0 Å². The molecular weight excluding hydrogens is 470 g/mol. The van der Waals surface area contributed by atoms with Gasteiger partial charge >= 0.3 is 0 Å². The number of allylic oxidation sites excluding steroid dienone is 2. The van der Waals surface area contributed by atoms with Gasteiger partial charge in [0.1, 0.15) is 0 Å². The van der Waals surface area contributed by atoms with Crippen molar-refractivity contribution in [3.05, 3.63) is 12.2 Å². The Morgan fingerprint density at radius 2 is 1.00 bits per heavy atom. The molecule has 0 saturated heterocycles. The van der Waals surface area contributed by atoms with Crippen LogP contribution in [0.4, 0.5) is 0 Å². The molecule has 0 aromatic carbocycles. The van der Waals surface area contributed by atoms with Crippen LogP contribution in [0.15, 0.2) is 12.2 Å². The number of hydrogen-bond acceptors (Lipinski definition) is 3. The third-order valence-electron chi connectivity index (χ3n) is 7.78. The second kappa shape index (κ2) is 30.7. The van der Waals surface area contributed by atoms with Crippen molar-refractivity contribution in [2.75, 3.05) is 6.61 Å². The maximum Gasteiger partial charge on any atom is 0.220 e. The van der Waals surface area contributed by atoms with Gasteiger partial charge < -0.3 is 15.5 Å². The lowest BCUT2D eigenvalue weighted by Gasteiger charge is -2.22. The molecule has 0 saturated carbocycles. The smallest absolute Gasteiger partial charge is 0.220 e. The largest absolute Gasteiger partial charge is 0.394 e. The van der Waals surface area contributed by atoms with Crippen molar-refractivity contribution >= 4 is 5.91 Å². The first kappa shape index (κ1) is 37.1. The Morgan fingerprint density at radius 1 is 0.605 bits per heavy atom. The van der Waals surface area contributed by atoms with E-state index in [2.05, 4.69) is 31.3 Å². The Hall–Kier alpha value is -0.870. The van der Waals surface area contributed by atoms with Crippen LogP contribution in [-0.2, 0) is 4.79 Å². The molecule has 1 amide bonds. The fourth-order valence-electron chi connectivity index (χ4n) is 5.12. The molecule has 3 N–H and O–H groups in total. The highest BCUT2D eigenvalue weighted by Gasteiger charge is 2.19. The fourth-order valence-corrected chi connectivity index (χ4v) is 5.12. The molecule has 0 aliphatic heterocycles. The summed E-state index contributed by atoms with van der Waals surface area (Å²) in [5.41, 5.74) is 0. The predicted molar refractivity (Wildman–Crippen MR) is 166 cm³/mol. The molecule has 226 valence electrons. The maximum atomic E-state index is 12.3. The standard InChI is InChI=1S/C34H67NO3/c1-3-5-7-9-11-13-14-15-16-17-18-19-20-21-22-24-26-28-30-34(38)35-32(31-36)33(37)29-27-25-23-12-10-8-6-4-2/h16-17,32-33,36-37H,3-15,18-31H2,1-2H3,(H,35,38)/b17-16-. The molecule has 0 spiro atoms. The molecule has 2 atom stereocenters. The van der Waals surface area contributed by atoms with Crippen LogP contribution in [0, 0.1) is 0 Å². The summed E-state index contributed by atoms with van der Waals surface area (Å²) >= 11 is 0. The molecule has 0 bridgehead atoms. The summed E-state index contributed by atoms with van der Waals surface area (Å²) in [5.74, 6) is -0.0395. The van der Waals surface area contributed by atoms with Gasteiger partial charge in [0.05, 0.1) is 18.8 Å². The number of carbonyl (C=O) groups excluding carboxylic acids is 1. The van der Waals surface area contributed by atoms with Crippen LogP contribution in [0.1, 0.15) is 181 Å². The lowest BCUT2D eigenvalue weighted by Crippen LogP contribution is -2.45. The van der Waals surface area contributed by atoms with Gasteiger partial charge in [-0.1, -0.05) is 148 Å². The van der Waals surface area contributed by atoms with Gasteiger partial charge in [-0.3, -0.25) is 4.79 Å². The molecule has 0 fully saturated rings. The topological polar surface area (TPSA) is 69.6 Å². The molecule has 0 heterocycles. The number of carbonyl (C=O) groups is 1.